The van der Waals surface area contributed by atoms with E-state index in [1.807, 2.05) is 4.31 Å². The first-order chi connectivity index (χ1) is 14.4. The Bertz CT molecular complexity index is 634. The summed E-state index contributed by atoms with van der Waals surface area (Å²) in [4.78, 5) is 13.0. The Balaban J connectivity index is 1.84. The Morgan fingerprint density at radius 1 is 1.16 bits per heavy atom. The van der Waals surface area contributed by atoms with E-state index in [4.69, 9.17) is 14.2 Å². The minimum absolute atomic E-state index is 0.0311. The molecule has 6 nitrogen and oxygen atoms in total. The number of rotatable bonds is 8. The molecule has 2 heterocycles. The number of esters is 1. The Kier molecular flexibility index (Phi) is 9.54. The van der Waals surface area contributed by atoms with Gasteiger partial charge in [0.2, 0.25) is 0 Å². The number of nitrogens with zero attached hydrogens (tertiary/aromatic N) is 1. The fourth-order valence-electron chi connectivity index (χ4n) is 3.57. The SMILES string of the molecule is CC(C)(C)OC(=O)C1(S(=O)N2CCC(OCC/C=C/CC(F)(F)F)CC2)CCOCC1. The Morgan fingerprint density at radius 2 is 1.77 bits per heavy atom. The number of hydrogen-bond donors (Lipinski definition) is 0. The molecule has 2 saturated heterocycles. The van der Waals surface area contributed by atoms with Crippen molar-refractivity contribution in [3.63, 3.8) is 0 Å². The molecule has 1 unspecified atom stereocenters. The summed E-state index contributed by atoms with van der Waals surface area (Å²) in [6.07, 6.45) is -0.113. The molecule has 0 saturated carbocycles. The zero-order chi connectivity index (χ0) is 23.1. The summed E-state index contributed by atoms with van der Waals surface area (Å²) in [5.74, 6) is -0.439. The first kappa shape index (κ1) is 26.3. The van der Waals surface area contributed by atoms with Crippen LogP contribution in [0.25, 0.3) is 0 Å². The molecule has 31 heavy (non-hydrogen) atoms. The van der Waals surface area contributed by atoms with Crippen molar-refractivity contribution in [2.24, 2.45) is 0 Å². The van der Waals surface area contributed by atoms with Crippen LogP contribution in [0.5, 0.6) is 0 Å². The predicted octanol–water partition coefficient (Wildman–Crippen LogP) is 3.92. The van der Waals surface area contributed by atoms with Crippen molar-refractivity contribution >= 4 is 17.0 Å². The molecule has 0 spiro atoms. The van der Waals surface area contributed by atoms with Crippen LogP contribution < -0.4 is 0 Å². The second-order valence-electron chi connectivity index (χ2n) is 8.94. The molecule has 1 atom stereocenters. The van der Waals surface area contributed by atoms with E-state index in [1.165, 1.54) is 6.08 Å². The van der Waals surface area contributed by atoms with Crippen molar-refractivity contribution < 1.29 is 36.4 Å². The average Bonchev–Trinajstić information content (AvgIpc) is 2.69. The zero-order valence-electron chi connectivity index (χ0n) is 18.5. The number of halogens is 3. The molecular formula is C21H34F3NO5S. The monoisotopic (exact) mass is 469 g/mol. The molecule has 0 bridgehead atoms. The van der Waals surface area contributed by atoms with Crippen LogP contribution in [0.1, 0.15) is 59.3 Å². The first-order valence-electron chi connectivity index (χ1n) is 10.7. The first-order valence-corrected chi connectivity index (χ1v) is 11.9. The molecule has 0 aromatic rings. The molecule has 0 N–H and O–H groups in total. The molecule has 2 aliphatic rings. The van der Waals surface area contributed by atoms with Crippen LogP contribution in [0.3, 0.4) is 0 Å². The van der Waals surface area contributed by atoms with Gasteiger partial charge in [-0.05, 0) is 52.9 Å². The molecule has 2 fully saturated rings. The highest BCUT2D eigenvalue weighted by molar-refractivity contribution is 7.85. The summed E-state index contributed by atoms with van der Waals surface area (Å²) in [6, 6.07) is 0. The standard InChI is InChI=1S/C21H34F3NO5S/c1-19(2,3)30-18(26)20(10-15-28-16-11-20)31(27)25-12-7-17(8-13-25)29-14-6-4-5-9-21(22,23)24/h4-5,17H,6-16H2,1-3H3/b5-4+. The quantitative estimate of drug-likeness (QED) is 0.306. The van der Waals surface area contributed by atoms with Crippen molar-refractivity contribution in [3.8, 4) is 0 Å². The third kappa shape index (κ3) is 8.47. The van der Waals surface area contributed by atoms with Gasteiger partial charge in [-0.2, -0.15) is 13.2 Å². The van der Waals surface area contributed by atoms with E-state index in [0.29, 0.717) is 65.0 Å². The van der Waals surface area contributed by atoms with Crippen LogP contribution in [0.2, 0.25) is 0 Å². The van der Waals surface area contributed by atoms with Gasteiger partial charge >= 0.3 is 12.1 Å². The van der Waals surface area contributed by atoms with Gasteiger partial charge in [0, 0.05) is 26.3 Å². The van der Waals surface area contributed by atoms with E-state index in [0.717, 1.165) is 6.08 Å². The molecule has 0 aliphatic carbocycles. The van der Waals surface area contributed by atoms with Crippen LogP contribution >= 0.6 is 0 Å². The number of hydrogen-bond acceptors (Lipinski definition) is 5. The van der Waals surface area contributed by atoms with Gasteiger partial charge in [-0.1, -0.05) is 12.2 Å². The van der Waals surface area contributed by atoms with Gasteiger partial charge in [-0.3, -0.25) is 4.79 Å². The Hall–Kier alpha value is -0.970. The Labute approximate surface area is 185 Å². The third-order valence-corrected chi connectivity index (χ3v) is 7.27. The lowest BCUT2D eigenvalue weighted by atomic mass is 9.99. The number of carbonyl (C=O) groups is 1. The second-order valence-corrected chi connectivity index (χ2v) is 10.7. The number of ether oxygens (including phenoxy) is 3. The molecule has 0 aromatic heterocycles. The largest absolute Gasteiger partial charge is 0.459 e. The molecule has 180 valence electrons. The smallest absolute Gasteiger partial charge is 0.392 e. The van der Waals surface area contributed by atoms with E-state index >= 15 is 0 Å². The van der Waals surface area contributed by atoms with Gasteiger partial charge in [0.25, 0.3) is 0 Å². The van der Waals surface area contributed by atoms with Crippen molar-refractivity contribution in [1.82, 2.24) is 4.31 Å². The van der Waals surface area contributed by atoms with Crippen LogP contribution in [-0.2, 0) is 30.0 Å². The van der Waals surface area contributed by atoms with Crippen LogP contribution in [0, 0.1) is 0 Å². The van der Waals surface area contributed by atoms with Gasteiger partial charge in [0.1, 0.15) is 16.6 Å². The predicted molar refractivity (Wildman–Crippen MR) is 112 cm³/mol. The summed E-state index contributed by atoms with van der Waals surface area (Å²) < 4.78 is 67.3. The maximum absolute atomic E-state index is 13.5. The highest BCUT2D eigenvalue weighted by Gasteiger charge is 2.51. The van der Waals surface area contributed by atoms with Crippen LogP contribution in [0.15, 0.2) is 12.2 Å². The third-order valence-electron chi connectivity index (χ3n) is 5.20. The summed E-state index contributed by atoms with van der Waals surface area (Å²) in [5, 5.41) is 0. The second kappa shape index (κ2) is 11.2. The van der Waals surface area contributed by atoms with E-state index in [9.17, 15) is 22.2 Å². The van der Waals surface area contributed by atoms with Crippen molar-refractivity contribution in [1.29, 1.82) is 0 Å². The molecule has 0 radical (unpaired) electrons. The van der Waals surface area contributed by atoms with E-state index < -0.39 is 39.9 Å². The van der Waals surface area contributed by atoms with Gasteiger partial charge in [0.15, 0.2) is 4.75 Å². The molecule has 0 amide bonds. The minimum atomic E-state index is -4.18. The van der Waals surface area contributed by atoms with Gasteiger partial charge in [-0.15, -0.1) is 0 Å². The van der Waals surface area contributed by atoms with Crippen LogP contribution in [0.4, 0.5) is 13.2 Å². The summed E-state index contributed by atoms with van der Waals surface area (Å²) in [5.41, 5.74) is -0.665. The van der Waals surface area contributed by atoms with E-state index in [1.54, 1.807) is 20.8 Å². The molecule has 10 heteroatoms. The van der Waals surface area contributed by atoms with Crippen molar-refractivity contribution in [2.45, 2.75) is 81.9 Å². The lowest BCUT2D eigenvalue weighted by Crippen LogP contribution is -2.56. The molecule has 2 aliphatic heterocycles. The highest BCUT2D eigenvalue weighted by atomic mass is 32.2. The fraction of sp³-hybridized carbons (Fsp3) is 0.857. The molecule has 0 aromatic carbocycles. The Morgan fingerprint density at radius 3 is 2.32 bits per heavy atom. The maximum atomic E-state index is 13.5. The molecular weight excluding hydrogens is 435 g/mol. The van der Waals surface area contributed by atoms with Gasteiger partial charge < -0.3 is 14.2 Å². The van der Waals surface area contributed by atoms with E-state index in [-0.39, 0.29) is 6.10 Å². The number of carbonyl (C=O) groups excluding carboxylic acids is 1. The van der Waals surface area contributed by atoms with Crippen LogP contribution in [-0.4, -0.2) is 70.0 Å². The van der Waals surface area contributed by atoms with Gasteiger partial charge in [0.05, 0.1) is 19.1 Å². The number of piperidine rings is 1. The van der Waals surface area contributed by atoms with Gasteiger partial charge in [-0.25, -0.2) is 8.51 Å². The summed E-state index contributed by atoms with van der Waals surface area (Å²) >= 11 is 0. The number of alkyl halides is 3. The lowest BCUT2D eigenvalue weighted by Gasteiger charge is -2.41. The topological polar surface area (TPSA) is 65.1 Å². The fourth-order valence-corrected chi connectivity index (χ4v) is 5.31. The zero-order valence-corrected chi connectivity index (χ0v) is 19.4. The molecule has 2 rings (SSSR count). The minimum Gasteiger partial charge on any atom is -0.459 e. The van der Waals surface area contributed by atoms with Crippen molar-refractivity contribution in [3.05, 3.63) is 12.2 Å². The summed E-state index contributed by atoms with van der Waals surface area (Å²) in [7, 11) is -1.54. The summed E-state index contributed by atoms with van der Waals surface area (Å²) in [6.45, 7) is 7.51. The maximum Gasteiger partial charge on any atom is 0.392 e. The van der Waals surface area contributed by atoms with E-state index in [2.05, 4.69) is 0 Å². The normalized spacial score (nSPS) is 22.5. The highest BCUT2D eigenvalue weighted by Crippen LogP contribution is 2.34. The van der Waals surface area contributed by atoms with Crippen molar-refractivity contribution in [2.75, 3.05) is 32.9 Å². The average molecular weight is 470 g/mol. The number of allylic oxidation sites excluding steroid dienone is 1. The lowest BCUT2D eigenvalue weighted by molar-refractivity contribution is -0.160.